The normalized spacial score (nSPS) is 10.7. The second-order valence-electron chi connectivity index (χ2n) is 7.53. The summed E-state index contributed by atoms with van der Waals surface area (Å²) in [5.74, 6) is 0. The number of aromatic nitrogens is 2. The lowest BCUT2D eigenvalue weighted by Crippen LogP contribution is -1.94. The van der Waals surface area contributed by atoms with E-state index in [4.69, 9.17) is 9.97 Å². The minimum Gasteiger partial charge on any atom is -0.248 e. The van der Waals surface area contributed by atoms with Crippen molar-refractivity contribution >= 4 is 0 Å². The van der Waals surface area contributed by atoms with E-state index in [0.29, 0.717) is 0 Å². The largest absolute Gasteiger partial charge is 0.248 e. The molecule has 0 N–H and O–H groups in total. The minimum absolute atomic E-state index is 0.972. The number of rotatable bonds is 4. The molecule has 0 fully saturated rings. The molecule has 3 aromatic carbocycles. The van der Waals surface area contributed by atoms with Crippen molar-refractivity contribution in [2.24, 2.45) is 0 Å². The first-order valence-corrected chi connectivity index (χ1v) is 10.4. The van der Waals surface area contributed by atoms with Gasteiger partial charge >= 0.3 is 0 Å². The highest BCUT2D eigenvalue weighted by Crippen LogP contribution is 2.32. The molecule has 0 aliphatic heterocycles. The molecule has 0 unspecified atom stereocenters. The van der Waals surface area contributed by atoms with Gasteiger partial charge in [-0.1, -0.05) is 91.0 Å². The molecule has 0 amide bonds. The highest BCUT2D eigenvalue weighted by Gasteiger charge is 2.12. The Labute approximate surface area is 182 Å². The van der Waals surface area contributed by atoms with Gasteiger partial charge in [0.05, 0.1) is 22.8 Å². The van der Waals surface area contributed by atoms with Gasteiger partial charge in [0.2, 0.25) is 0 Å². The first-order chi connectivity index (χ1) is 15.3. The van der Waals surface area contributed by atoms with E-state index in [1.54, 1.807) is 0 Å². The molecule has 2 heteroatoms. The maximum absolute atomic E-state index is 4.95. The Morgan fingerprint density at radius 2 is 0.774 bits per heavy atom. The lowest BCUT2D eigenvalue weighted by Gasteiger charge is -2.13. The molecule has 0 saturated heterocycles. The number of pyridine rings is 2. The van der Waals surface area contributed by atoms with Gasteiger partial charge in [0.15, 0.2) is 0 Å². The van der Waals surface area contributed by atoms with Crippen molar-refractivity contribution in [2.45, 2.75) is 6.92 Å². The monoisotopic (exact) mass is 398 g/mol. The lowest BCUT2D eigenvalue weighted by molar-refractivity contribution is 1.28. The molecule has 0 radical (unpaired) electrons. The van der Waals surface area contributed by atoms with Crippen LogP contribution in [-0.4, -0.2) is 9.97 Å². The molecule has 0 saturated carbocycles. The van der Waals surface area contributed by atoms with Crippen LogP contribution in [0.4, 0.5) is 0 Å². The summed E-state index contributed by atoms with van der Waals surface area (Å²) in [7, 11) is 0. The van der Waals surface area contributed by atoms with E-state index < -0.39 is 0 Å². The maximum atomic E-state index is 4.95. The summed E-state index contributed by atoms with van der Waals surface area (Å²) in [5.41, 5.74) is 9.58. The first kappa shape index (κ1) is 19.0. The molecule has 0 bridgehead atoms. The van der Waals surface area contributed by atoms with E-state index in [2.05, 4.69) is 85.8 Å². The molecule has 2 nitrogen and oxygen atoms in total. The molecule has 5 rings (SSSR count). The fraction of sp³-hybridized carbons (Fsp3) is 0.0345. The summed E-state index contributed by atoms with van der Waals surface area (Å²) < 4.78 is 0. The zero-order chi connectivity index (χ0) is 21.0. The predicted molar refractivity (Wildman–Crippen MR) is 129 cm³/mol. The van der Waals surface area contributed by atoms with Crippen molar-refractivity contribution in [3.8, 4) is 45.0 Å². The van der Waals surface area contributed by atoms with Crippen molar-refractivity contribution in [3.05, 3.63) is 121 Å². The Morgan fingerprint density at radius 1 is 0.387 bits per heavy atom. The summed E-state index contributed by atoms with van der Waals surface area (Å²) >= 11 is 0. The molecular formula is C29H22N2. The topological polar surface area (TPSA) is 25.8 Å². The van der Waals surface area contributed by atoms with Crippen LogP contribution in [0.15, 0.2) is 115 Å². The zero-order valence-corrected chi connectivity index (χ0v) is 17.4. The van der Waals surface area contributed by atoms with Crippen LogP contribution >= 0.6 is 0 Å². The van der Waals surface area contributed by atoms with Crippen LogP contribution in [0.2, 0.25) is 0 Å². The van der Waals surface area contributed by atoms with E-state index >= 15 is 0 Å². The van der Waals surface area contributed by atoms with E-state index in [-0.39, 0.29) is 0 Å². The third-order valence-corrected chi connectivity index (χ3v) is 5.52. The average molecular weight is 399 g/mol. The van der Waals surface area contributed by atoms with Crippen LogP contribution in [0.5, 0.6) is 0 Å². The molecule has 148 valence electrons. The molecule has 0 atom stereocenters. The Kier molecular flexibility index (Phi) is 5.12. The van der Waals surface area contributed by atoms with Gasteiger partial charge in [-0.05, 0) is 36.8 Å². The van der Waals surface area contributed by atoms with Gasteiger partial charge < -0.3 is 0 Å². The van der Waals surface area contributed by atoms with Crippen LogP contribution in [0.1, 0.15) is 5.56 Å². The summed E-state index contributed by atoms with van der Waals surface area (Å²) in [6.07, 6.45) is 0. The standard InChI is InChI=1S/C29H22N2/c1-21-24(28-19-9-17-26(30-28)22-11-4-2-5-12-22)15-8-16-25(21)29-20-10-18-27(31-29)23-13-6-3-7-14-23/h2-20H,1H3. The summed E-state index contributed by atoms with van der Waals surface area (Å²) in [6.45, 7) is 2.15. The highest BCUT2D eigenvalue weighted by molar-refractivity contribution is 5.77. The number of hydrogen-bond acceptors (Lipinski definition) is 2. The quantitative estimate of drug-likeness (QED) is 0.314. The molecular weight excluding hydrogens is 376 g/mol. The van der Waals surface area contributed by atoms with Crippen LogP contribution < -0.4 is 0 Å². The van der Waals surface area contributed by atoms with Gasteiger partial charge in [0.1, 0.15) is 0 Å². The van der Waals surface area contributed by atoms with Crippen LogP contribution in [0, 0.1) is 6.92 Å². The summed E-state index contributed by atoms with van der Waals surface area (Å²) in [5, 5.41) is 0. The minimum atomic E-state index is 0.972. The molecule has 0 aliphatic rings. The van der Waals surface area contributed by atoms with Crippen LogP contribution in [-0.2, 0) is 0 Å². The van der Waals surface area contributed by atoms with Crippen LogP contribution in [0.3, 0.4) is 0 Å². The SMILES string of the molecule is Cc1c(-c2cccc(-c3ccccc3)n2)cccc1-c1cccc(-c2ccccc2)n1. The van der Waals surface area contributed by atoms with E-state index in [1.807, 2.05) is 36.4 Å². The molecule has 31 heavy (non-hydrogen) atoms. The third kappa shape index (κ3) is 3.88. The second-order valence-corrected chi connectivity index (χ2v) is 7.53. The number of benzene rings is 3. The van der Waals surface area contributed by atoms with Crippen LogP contribution in [0.25, 0.3) is 45.0 Å². The van der Waals surface area contributed by atoms with E-state index in [9.17, 15) is 0 Å². The number of hydrogen-bond donors (Lipinski definition) is 0. The second kappa shape index (κ2) is 8.37. The Balaban J connectivity index is 1.57. The Morgan fingerprint density at radius 3 is 1.23 bits per heavy atom. The average Bonchev–Trinajstić information content (AvgIpc) is 2.85. The maximum Gasteiger partial charge on any atom is 0.0712 e. The number of nitrogens with zero attached hydrogens (tertiary/aromatic N) is 2. The summed E-state index contributed by atoms with van der Waals surface area (Å²) in [6, 6.07) is 39.4. The molecule has 5 aromatic rings. The molecule has 0 spiro atoms. The highest BCUT2D eigenvalue weighted by atomic mass is 14.7. The third-order valence-electron chi connectivity index (χ3n) is 5.52. The van der Waals surface area contributed by atoms with Crippen molar-refractivity contribution in [1.29, 1.82) is 0 Å². The van der Waals surface area contributed by atoms with Crippen molar-refractivity contribution < 1.29 is 0 Å². The predicted octanol–water partition coefficient (Wildman–Crippen LogP) is 7.45. The fourth-order valence-corrected chi connectivity index (χ4v) is 3.90. The Bertz CT molecular complexity index is 1220. The van der Waals surface area contributed by atoms with Gasteiger partial charge in [0, 0.05) is 22.3 Å². The van der Waals surface area contributed by atoms with Crippen molar-refractivity contribution in [3.63, 3.8) is 0 Å². The lowest BCUT2D eigenvalue weighted by atomic mass is 9.96. The smallest absolute Gasteiger partial charge is 0.0712 e. The van der Waals surface area contributed by atoms with Gasteiger partial charge in [-0.3, -0.25) is 0 Å². The first-order valence-electron chi connectivity index (χ1n) is 10.4. The van der Waals surface area contributed by atoms with E-state index in [0.717, 1.165) is 45.0 Å². The molecule has 2 heterocycles. The van der Waals surface area contributed by atoms with Gasteiger partial charge in [-0.2, -0.15) is 0 Å². The van der Waals surface area contributed by atoms with Crippen molar-refractivity contribution in [1.82, 2.24) is 9.97 Å². The fourth-order valence-electron chi connectivity index (χ4n) is 3.90. The van der Waals surface area contributed by atoms with Crippen molar-refractivity contribution in [2.75, 3.05) is 0 Å². The van der Waals surface area contributed by atoms with Gasteiger partial charge in [-0.15, -0.1) is 0 Å². The van der Waals surface area contributed by atoms with Gasteiger partial charge in [-0.25, -0.2) is 9.97 Å². The zero-order valence-electron chi connectivity index (χ0n) is 17.4. The molecule has 0 aliphatic carbocycles. The summed E-state index contributed by atoms with van der Waals surface area (Å²) in [4.78, 5) is 9.91. The van der Waals surface area contributed by atoms with Gasteiger partial charge in [0.25, 0.3) is 0 Å². The molecule has 2 aromatic heterocycles. The Hall–Kier alpha value is -4.04. The van der Waals surface area contributed by atoms with E-state index in [1.165, 1.54) is 5.56 Å².